The third-order valence-electron chi connectivity index (χ3n) is 5.20. The van der Waals surface area contributed by atoms with Crippen LogP contribution in [0.25, 0.3) is 11.2 Å². The first-order valence-electron chi connectivity index (χ1n) is 8.44. The number of hydrogen-bond acceptors (Lipinski definition) is 6. The predicted octanol–water partition coefficient (Wildman–Crippen LogP) is 0.828. The van der Waals surface area contributed by atoms with Gasteiger partial charge in [0.1, 0.15) is 11.8 Å². The fourth-order valence-electron chi connectivity index (χ4n) is 3.83. The zero-order valence-electron chi connectivity index (χ0n) is 13.6. The van der Waals surface area contributed by atoms with Crippen molar-refractivity contribution in [3.8, 4) is 0 Å². The van der Waals surface area contributed by atoms with Gasteiger partial charge in [0, 0.05) is 38.1 Å². The van der Waals surface area contributed by atoms with Crippen LogP contribution in [0.3, 0.4) is 0 Å². The number of anilines is 1. The van der Waals surface area contributed by atoms with Crippen LogP contribution in [0.5, 0.6) is 0 Å². The Kier molecular flexibility index (Phi) is 3.84. The van der Waals surface area contributed by atoms with Gasteiger partial charge in [-0.05, 0) is 19.3 Å². The monoisotopic (exact) mass is 330 g/mol. The number of likely N-dealkylation sites (tertiary alicyclic amines) is 1. The van der Waals surface area contributed by atoms with Gasteiger partial charge in [-0.3, -0.25) is 4.79 Å². The number of nitrogens with two attached hydrogens (primary N) is 1. The molecular formula is C16H22N6O2. The lowest BCUT2D eigenvalue weighted by Gasteiger charge is -2.39. The van der Waals surface area contributed by atoms with Crippen LogP contribution < -0.4 is 5.73 Å². The molecule has 0 aromatic carbocycles. The zero-order chi connectivity index (χ0) is 16.6. The summed E-state index contributed by atoms with van der Waals surface area (Å²) < 4.78 is 7.43. The van der Waals surface area contributed by atoms with Gasteiger partial charge in [0.25, 0.3) is 0 Å². The van der Waals surface area contributed by atoms with E-state index < -0.39 is 0 Å². The summed E-state index contributed by atoms with van der Waals surface area (Å²) in [5.74, 6) is 0.550. The van der Waals surface area contributed by atoms with Crippen LogP contribution in [0, 0.1) is 5.41 Å². The Morgan fingerprint density at radius 2 is 2.25 bits per heavy atom. The first-order valence-corrected chi connectivity index (χ1v) is 8.44. The van der Waals surface area contributed by atoms with Crippen molar-refractivity contribution in [2.75, 3.05) is 32.0 Å². The van der Waals surface area contributed by atoms with Crippen molar-refractivity contribution in [1.29, 1.82) is 0 Å². The van der Waals surface area contributed by atoms with Crippen molar-refractivity contribution >= 4 is 22.9 Å². The van der Waals surface area contributed by atoms with Crippen molar-refractivity contribution in [2.45, 2.75) is 32.2 Å². The van der Waals surface area contributed by atoms with Crippen molar-refractivity contribution in [3.63, 3.8) is 0 Å². The van der Waals surface area contributed by atoms with Gasteiger partial charge < -0.3 is 19.9 Å². The van der Waals surface area contributed by atoms with Crippen LogP contribution in [0.15, 0.2) is 12.7 Å². The van der Waals surface area contributed by atoms with Crippen LogP contribution in [0.2, 0.25) is 0 Å². The van der Waals surface area contributed by atoms with Gasteiger partial charge >= 0.3 is 0 Å². The summed E-state index contributed by atoms with van der Waals surface area (Å²) >= 11 is 0. The molecule has 8 nitrogen and oxygen atoms in total. The second-order valence-corrected chi connectivity index (χ2v) is 6.84. The van der Waals surface area contributed by atoms with Crippen molar-refractivity contribution < 1.29 is 9.53 Å². The molecule has 0 aliphatic carbocycles. The number of nitrogen functional groups attached to an aromatic ring is 1. The van der Waals surface area contributed by atoms with E-state index in [0.29, 0.717) is 29.9 Å². The van der Waals surface area contributed by atoms with Crippen LogP contribution in [-0.2, 0) is 16.1 Å². The molecule has 1 atom stereocenters. The Morgan fingerprint density at radius 1 is 1.33 bits per heavy atom. The highest BCUT2D eigenvalue weighted by atomic mass is 16.5. The lowest BCUT2D eigenvalue weighted by atomic mass is 9.79. The molecule has 0 bridgehead atoms. The minimum Gasteiger partial charge on any atom is -0.382 e. The molecule has 2 aromatic rings. The highest BCUT2D eigenvalue weighted by Gasteiger charge is 2.40. The number of hydrogen-bond donors (Lipinski definition) is 1. The molecule has 2 aliphatic heterocycles. The number of piperidine rings is 1. The van der Waals surface area contributed by atoms with Crippen LogP contribution in [-0.4, -0.2) is 56.6 Å². The summed E-state index contributed by atoms with van der Waals surface area (Å²) in [6, 6.07) is 0. The zero-order valence-corrected chi connectivity index (χ0v) is 13.6. The molecule has 2 N–H and O–H groups in total. The van der Waals surface area contributed by atoms with E-state index in [2.05, 4.69) is 15.0 Å². The first kappa shape index (κ1) is 15.3. The normalized spacial score (nSPS) is 24.1. The van der Waals surface area contributed by atoms with E-state index in [0.717, 1.165) is 39.1 Å². The number of aromatic nitrogens is 4. The smallest absolute Gasteiger partial charge is 0.224 e. The summed E-state index contributed by atoms with van der Waals surface area (Å²) in [4.78, 5) is 27.0. The fraction of sp³-hybridized carbons (Fsp3) is 0.625. The Hall–Kier alpha value is -2.22. The van der Waals surface area contributed by atoms with Gasteiger partial charge in [0.15, 0.2) is 11.5 Å². The highest BCUT2D eigenvalue weighted by molar-refractivity contribution is 5.81. The second kappa shape index (κ2) is 6.01. The summed E-state index contributed by atoms with van der Waals surface area (Å²) in [7, 11) is 0. The minimum absolute atomic E-state index is 0.185. The summed E-state index contributed by atoms with van der Waals surface area (Å²) in [6.07, 6.45) is 6.83. The minimum atomic E-state index is 0.185. The molecule has 1 unspecified atom stereocenters. The van der Waals surface area contributed by atoms with Gasteiger partial charge in [0.05, 0.1) is 12.9 Å². The van der Waals surface area contributed by atoms with E-state index in [1.54, 1.807) is 6.33 Å². The Morgan fingerprint density at radius 3 is 3.08 bits per heavy atom. The topological polar surface area (TPSA) is 99.2 Å². The molecule has 2 saturated heterocycles. The molecule has 0 radical (unpaired) electrons. The number of amides is 1. The number of aryl methyl sites for hydroxylation is 1. The number of rotatable bonds is 3. The number of ether oxygens (including phenoxy) is 1. The molecule has 4 rings (SSSR count). The summed E-state index contributed by atoms with van der Waals surface area (Å²) in [5, 5.41) is 0. The maximum absolute atomic E-state index is 12.6. The van der Waals surface area contributed by atoms with E-state index in [-0.39, 0.29) is 11.3 Å². The number of imidazole rings is 1. The standard InChI is InChI=1S/C16H22N6O2/c17-14-13-15(19-10-18-14)22(11-20-13)6-2-12(23)21-5-1-3-16(8-21)4-7-24-9-16/h10-11H,1-9H2,(H2,17,18,19). The summed E-state index contributed by atoms with van der Waals surface area (Å²) in [5.41, 5.74) is 7.25. The number of nitrogens with zero attached hydrogens (tertiary/aromatic N) is 5. The molecule has 2 aliphatic rings. The van der Waals surface area contributed by atoms with Gasteiger partial charge in [-0.15, -0.1) is 0 Å². The SMILES string of the molecule is Nc1ncnc2c1ncn2CCC(=O)N1CCCC2(CCOC2)C1. The fourth-order valence-corrected chi connectivity index (χ4v) is 3.83. The maximum Gasteiger partial charge on any atom is 0.224 e. The Bertz CT molecular complexity index is 752. The van der Waals surface area contributed by atoms with Crippen LogP contribution in [0.1, 0.15) is 25.7 Å². The third-order valence-corrected chi connectivity index (χ3v) is 5.20. The molecule has 24 heavy (non-hydrogen) atoms. The molecule has 128 valence electrons. The highest BCUT2D eigenvalue weighted by Crippen LogP contribution is 2.37. The van der Waals surface area contributed by atoms with E-state index in [1.165, 1.54) is 12.7 Å². The average molecular weight is 330 g/mol. The quantitative estimate of drug-likeness (QED) is 0.895. The van der Waals surface area contributed by atoms with Crippen molar-refractivity contribution in [3.05, 3.63) is 12.7 Å². The number of fused-ring (bicyclic) bond motifs is 1. The third kappa shape index (κ3) is 2.71. The Balaban J connectivity index is 1.41. The van der Waals surface area contributed by atoms with E-state index in [1.807, 2.05) is 9.47 Å². The van der Waals surface area contributed by atoms with Gasteiger partial charge in [-0.25, -0.2) is 15.0 Å². The van der Waals surface area contributed by atoms with E-state index in [9.17, 15) is 4.79 Å². The summed E-state index contributed by atoms with van der Waals surface area (Å²) in [6.45, 7) is 3.83. The van der Waals surface area contributed by atoms with E-state index >= 15 is 0 Å². The molecule has 0 saturated carbocycles. The number of carbonyl (C=O) groups excluding carboxylic acids is 1. The lowest BCUT2D eigenvalue weighted by Crippen LogP contribution is -2.46. The van der Waals surface area contributed by atoms with Crippen LogP contribution in [0.4, 0.5) is 5.82 Å². The molecule has 2 fully saturated rings. The molecule has 2 aromatic heterocycles. The molecular weight excluding hydrogens is 308 g/mol. The lowest BCUT2D eigenvalue weighted by molar-refractivity contribution is -0.135. The Labute approximate surface area is 140 Å². The van der Waals surface area contributed by atoms with Crippen molar-refractivity contribution in [1.82, 2.24) is 24.4 Å². The molecule has 1 amide bonds. The van der Waals surface area contributed by atoms with E-state index in [4.69, 9.17) is 10.5 Å². The predicted molar refractivity (Wildman–Crippen MR) is 88.0 cm³/mol. The molecule has 1 spiro atoms. The maximum atomic E-state index is 12.6. The van der Waals surface area contributed by atoms with Crippen molar-refractivity contribution in [2.24, 2.45) is 5.41 Å². The van der Waals surface area contributed by atoms with Gasteiger partial charge in [-0.2, -0.15) is 0 Å². The molecule has 8 heteroatoms. The van der Waals surface area contributed by atoms with Crippen LogP contribution >= 0.6 is 0 Å². The largest absolute Gasteiger partial charge is 0.382 e. The molecule has 4 heterocycles. The van der Waals surface area contributed by atoms with Gasteiger partial charge in [-0.1, -0.05) is 0 Å². The average Bonchev–Trinajstić information content (AvgIpc) is 3.21. The first-order chi connectivity index (χ1) is 11.7. The number of carbonyl (C=O) groups is 1. The second-order valence-electron chi connectivity index (χ2n) is 6.84. The van der Waals surface area contributed by atoms with Gasteiger partial charge in [0.2, 0.25) is 5.91 Å².